The Morgan fingerprint density at radius 3 is 2.00 bits per heavy atom. The predicted octanol–water partition coefficient (Wildman–Crippen LogP) is 3.11. The number of rotatable bonds is 6. The highest BCUT2D eigenvalue weighted by Gasteiger charge is 1.99. The molecule has 1 N–H and O–H groups in total. The maximum atomic E-state index is 8.72. The zero-order valence-corrected chi connectivity index (χ0v) is 11.0. The number of aliphatic hydroxyl groups excluding tert-OH is 1. The molecule has 4 nitrogen and oxygen atoms in total. The van der Waals surface area contributed by atoms with E-state index >= 15 is 0 Å². The third-order valence-corrected chi connectivity index (χ3v) is 2.61. The van der Waals surface area contributed by atoms with Crippen LogP contribution in [0.5, 0.6) is 17.2 Å². The molecule has 0 radical (unpaired) electrons. The SMILES string of the molecule is N#Cc1ccc(Oc2ccc(OCCCO)cc2)cc1. The van der Waals surface area contributed by atoms with E-state index in [9.17, 15) is 0 Å². The van der Waals surface area contributed by atoms with Crippen LogP contribution in [0.2, 0.25) is 0 Å². The van der Waals surface area contributed by atoms with Crippen LogP contribution in [-0.2, 0) is 0 Å². The van der Waals surface area contributed by atoms with E-state index in [0.29, 0.717) is 30.1 Å². The standard InChI is InChI=1S/C16H15NO3/c17-12-13-2-4-15(5-3-13)20-16-8-6-14(7-9-16)19-11-1-10-18/h2-9,18H,1,10-11H2. The predicted molar refractivity (Wildman–Crippen MR) is 74.9 cm³/mol. The summed E-state index contributed by atoms with van der Waals surface area (Å²) in [5, 5.41) is 17.4. The molecule has 0 spiro atoms. The van der Waals surface area contributed by atoms with Crippen molar-refractivity contribution >= 4 is 0 Å². The summed E-state index contributed by atoms with van der Waals surface area (Å²) >= 11 is 0. The Balaban J connectivity index is 1.94. The molecule has 0 aliphatic rings. The fourth-order valence-electron chi connectivity index (χ4n) is 1.59. The summed E-state index contributed by atoms with van der Waals surface area (Å²) in [7, 11) is 0. The van der Waals surface area contributed by atoms with Gasteiger partial charge in [-0.1, -0.05) is 0 Å². The van der Waals surface area contributed by atoms with Crippen molar-refractivity contribution in [2.45, 2.75) is 6.42 Å². The molecule has 0 aliphatic heterocycles. The van der Waals surface area contributed by atoms with Gasteiger partial charge in [0, 0.05) is 13.0 Å². The molecule has 0 saturated carbocycles. The average Bonchev–Trinajstić information content (AvgIpc) is 2.50. The third-order valence-electron chi connectivity index (χ3n) is 2.61. The Labute approximate surface area is 117 Å². The van der Waals surface area contributed by atoms with E-state index in [-0.39, 0.29) is 6.61 Å². The maximum absolute atomic E-state index is 8.72. The molecule has 4 heteroatoms. The van der Waals surface area contributed by atoms with E-state index in [1.165, 1.54) is 0 Å². The maximum Gasteiger partial charge on any atom is 0.127 e. The van der Waals surface area contributed by atoms with Gasteiger partial charge in [0.05, 0.1) is 18.2 Å². The molecule has 0 aliphatic carbocycles. The zero-order chi connectivity index (χ0) is 14.2. The fraction of sp³-hybridized carbons (Fsp3) is 0.188. The van der Waals surface area contributed by atoms with Crippen LogP contribution in [0.4, 0.5) is 0 Å². The number of ether oxygens (including phenoxy) is 2. The number of benzene rings is 2. The van der Waals surface area contributed by atoms with Gasteiger partial charge >= 0.3 is 0 Å². The summed E-state index contributed by atoms with van der Waals surface area (Å²) < 4.78 is 11.1. The molecular formula is C16H15NO3. The van der Waals surface area contributed by atoms with Gasteiger partial charge in [-0.05, 0) is 48.5 Å². The highest BCUT2D eigenvalue weighted by molar-refractivity contribution is 5.38. The molecule has 0 heterocycles. The van der Waals surface area contributed by atoms with Crippen LogP contribution < -0.4 is 9.47 Å². The molecule has 0 bridgehead atoms. The van der Waals surface area contributed by atoms with Crippen LogP contribution in [0, 0.1) is 11.3 Å². The number of nitrogens with zero attached hydrogens (tertiary/aromatic N) is 1. The van der Waals surface area contributed by atoms with Crippen LogP contribution >= 0.6 is 0 Å². The molecule has 0 unspecified atom stereocenters. The first-order chi connectivity index (χ1) is 9.81. The number of aliphatic hydroxyl groups is 1. The van der Waals surface area contributed by atoms with Crippen molar-refractivity contribution in [1.82, 2.24) is 0 Å². The second-order valence-electron chi connectivity index (χ2n) is 4.14. The lowest BCUT2D eigenvalue weighted by atomic mass is 10.2. The van der Waals surface area contributed by atoms with Gasteiger partial charge in [-0.15, -0.1) is 0 Å². The summed E-state index contributed by atoms with van der Waals surface area (Å²) in [6.45, 7) is 0.617. The molecule has 0 saturated heterocycles. The molecule has 0 amide bonds. The minimum Gasteiger partial charge on any atom is -0.494 e. The van der Waals surface area contributed by atoms with E-state index in [2.05, 4.69) is 6.07 Å². The van der Waals surface area contributed by atoms with Gasteiger partial charge in [-0.2, -0.15) is 5.26 Å². The number of hydrogen-bond acceptors (Lipinski definition) is 4. The first kappa shape index (κ1) is 13.9. The smallest absolute Gasteiger partial charge is 0.127 e. The minimum atomic E-state index is 0.125. The van der Waals surface area contributed by atoms with Gasteiger partial charge in [0.1, 0.15) is 17.2 Å². The minimum absolute atomic E-state index is 0.125. The van der Waals surface area contributed by atoms with Gasteiger partial charge in [-0.25, -0.2) is 0 Å². The molecular weight excluding hydrogens is 254 g/mol. The van der Waals surface area contributed by atoms with Crippen LogP contribution in [0.15, 0.2) is 48.5 Å². The summed E-state index contributed by atoms with van der Waals surface area (Å²) in [4.78, 5) is 0. The van der Waals surface area contributed by atoms with Crippen molar-refractivity contribution in [3.8, 4) is 23.3 Å². The topological polar surface area (TPSA) is 62.5 Å². The molecule has 102 valence electrons. The summed E-state index contributed by atoms with van der Waals surface area (Å²) in [5.41, 5.74) is 0.602. The fourth-order valence-corrected chi connectivity index (χ4v) is 1.59. The molecule has 2 aromatic rings. The van der Waals surface area contributed by atoms with Crippen LogP contribution in [0.3, 0.4) is 0 Å². The zero-order valence-electron chi connectivity index (χ0n) is 11.0. The quantitative estimate of drug-likeness (QED) is 0.818. The highest BCUT2D eigenvalue weighted by atomic mass is 16.5. The lowest BCUT2D eigenvalue weighted by Crippen LogP contribution is -1.99. The van der Waals surface area contributed by atoms with Gasteiger partial charge in [0.25, 0.3) is 0 Å². The van der Waals surface area contributed by atoms with Crippen LogP contribution in [0.25, 0.3) is 0 Å². The van der Waals surface area contributed by atoms with Gasteiger partial charge in [0.15, 0.2) is 0 Å². The summed E-state index contributed by atoms with van der Waals surface area (Å²) in [6.07, 6.45) is 0.615. The second-order valence-corrected chi connectivity index (χ2v) is 4.14. The van der Waals surface area contributed by atoms with Crippen molar-refractivity contribution < 1.29 is 14.6 Å². The van der Waals surface area contributed by atoms with E-state index in [1.54, 1.807) is 24.3 Å². The average molecular weight is 269 g/mol. The number of nitriles is 1. The van der Waals surface area contributed by atoms with Crippen molar-refractivity contribution in [3.63, 3.8) is 0 Å². The molecule has 2 rings (SSSR count). The Kier molecular flexibility index (Phi) is 4.99. The Morgan fingerprint density at radius 2 is 1.45 bits per heavy atom. The summed E-state index contributed by atoms with van der Waals surface area (Å²) in [5.74, 6) is 2.12. The number of hydrogen-bond donors (Lipinski definition) is 1. The first-order valence-electron chi connectivity index (χ1n) is 6.33. The lowest BCUT2D eigenvalue weighted by Gasteiger charge is -2.08. The van der Waals surface area contributed by atoms with Crippen molar-refractivity contribution in [2.24, 2.45) is 0 Å². The van der Waals surface area contributed by atoms with Crippen LogP contribution in [-0.4, -0.2) is 18.3 Å². The lowest BCUT2D eigenvalue weighted by molar-refractivity contribution is 0.233. The van der Waals surface area contributed by atoms with E-state index in [1.807, 2.05) is 24.3 Å². The molecule has 0 fully saturated rings. The Morgan fingerprint density at radius 1 is 0.900 bits per heavy atom. The third kappa shape index (κ3) is 4.01. The Hall–Kier alpha value is -2.51. The van der Waals surface area contributed by atoms with Crippen molar-refractivity contribution in [1.29, 1.82) is 5.26 Å². The monoisotopic (exact) mass is 269 g/mol. The van der Waals surface area contributed by atoms with Crippen molar-refractivity contribution in [3.05, 3.63) is 54.1 Å². The first-order valence-corrected chi connectivity index (χ1v) is 6.33. The normalized spacial score (nSPS) is 9.80. The van der Waals surface area contributed by atoms with Gasteiger partial charge < -0.3 is 14.6 Å². The highest BCUT2D eigenvalue weighted by Crippen LogP contribution is 2.24. The van der Waals surface area contributed by atoms with E-state index in [0.717, 1.165) is 5.75 Å². The van der Waals surface area contributed by atoms with E-state index in [4.69, 9.17) is 19.8 Å². The van der Waals surface area contributed by atoms with Crippen molar-refractivity contribution in [2.75, 3.05) is 13.2 Å². The van der Waals surface area contributed by atoms with Gasteiger partial charge in [-0.3, -0.25) is 0 Å². The molecule has 0 atom stereocenters. The molecule has 2 aromatic carbocycles. The van der Waals surface area contributed by atoms with Gasteiger partial charge in [0.2, 0.25) is 0 Å². The second kappa shape index (κ2) is 7.17. The van der Waals surface area contributed by atoms with E-state index < -0.39 is 0 Å². The summed E-state index contributed by atoms with van der Waals surface area (Å²) in [6, 6.07) is 16.2. The molecule has 0 aromatic heterocycles. The largest absolute Gasteiger partial charge is 0.494 e. The molecule has 20 heavy (non-hydrogen) atoms. The van der Waals surface area contributed by atoms with Crippen LogP contribution in [0.1, 0.15) is 12.0 Å². The Bertz CT molecular complexity index is 570.